The molecule has 1 aliphatic rings. The number of hydrogen-bond donors (Lipinski definition) is 2. The van der Waals surface area contributed by atoms with E-state index in [2.05, 4.69) is 10.6 Å². The van der Waals surface area contributed by atoms with Gasteiger partial charge in [0.05, 0.1) is 0 Å². The Morgan fingerprint density at radius 2 is 2.04 bits per heavy atom. The standard InChI is InChI=1S/C18H17ClF2N2O/c1-11-9-18(11,15-6-5-13(20)8-16(15)21)10-22-17(24)23-14-4-2-3-12(19)7-14/h2-8,11H,9-10H2,1H3,(H2,22,23,24). The molecule has 0 aromatic heterocycles. The molecule has 2 aromatic carbocycles. The van der Waals surface area contributed by atoms with Crippen molar-refractivity contribution in [3.63, 3.8) is 0 Å². The Morgan fingerprint density at radius 1 is 1.29 bits per heavy atom. The van der Waals surface area contributed by atoms with E-state index in [4.69, 9.17) is 11.6 Å². The monoisotopic (exact) mass is 350 g/mol. The lowest BCUT2D eigenvalue weighted by molar-refractivity contribution is 0.250. The van der Waals surface area contributed by atoms with Gasteiger partial charge >= 0.3 is 6.03 Å². The largest absolute Gasteiger partial charge is 0.337 e. The number of benzene rings is 2. The van der Waals surface area contributed by atoms with Crippen LogP contribution < -0.4 is 10.6 Å². The average Bonchev–Trinajstić information content (AvgIpc) is 3.16. The maximum atomic E-state index is 14.1. The lowest BCUT2D eigenvalue weighted by Crippen LogP contribution is -2.36. The molecule has 0 bridgehead atoms. The fourth-order valence-corrected chi connectivity index (χ4v) is 3.27. The molecule has 3 nitrogen and oxygen atoms in total. The van der Waals surface area contributed by atoms with Gasteiger partial charge in [-0.25, -0.2) is 13.6 Å². The molecule has 126 valence electrons. The lowest BCUT2D eigenvalue weighted by Gasteiger charge is -2.19. The normalized spacial score (nSPS) is 22.1. The second kappa shape index (κ2) is 6.40. The van der Waals surface area contributed by atoms with Crippen molar-refractivity contribution < 1.29 is 13.6 Å². The Labute approximate surface area is 144 Å². The van der Waals surface area contributed by atoms with Crippen molar-refractivity contribution in [1.82, 2.24) is 5.32 Å². The number of nitrogens with one attached hydrogen (secondary N) is 2. The first-order valence-corrected chi connectivity index (χ1v) is 8.04. The van der Waals surface area contributed by atoms with Gasteiger partial charge in [-0.15, -0.1) is 0 Å². The van der Waals surface area contributed by atoms with Crippen LogP contribution in [0.1, 0.15) is 18.9 Å². The maximum absolute atomic E-state index is 14.1. The molecule has 24 heavy (non-hydrogen) atoms. The van der Waals surface area contributed by atoms with Crippen molar-refractivity contribution >= 4 is 23.3 Å². The summed E-state index contributed by atoms with van der Waals surface area (Å²) in [6.45, 7) is 2.27. The first kappa shape index (κ1) is 16.7. The molecule has 0 heterocycles. The highest BCUT2D eigenvalue weighted by atomic mass is 35.5. The summed E-state index contributed by atoms with van der Waals surface area (Å²) in [6, 6.07) is 10.0. The Morgan fingerprint density at radius 3 is 2.67 bits per heavy atom. The summed E-state index contributed by atoms with van der Waals surface area (Å²) in [4.78, 5) is 12.1. The molecule has 2 N–H and O–H groups in total. The molecule has 0 aliphatic heterocycles. The van der Waals surface area contributed by atoms with Gasteiger partial charge in [-0.05, 0) is 42.2 Å². The predicted octanol–water partition coefficient (Wildman–Crippen LogP) is 4.72. The molecule has 2 atom stereocenters. The zero-order valence-corrected chi connectivity index (χ0v) is 13.8. The van der Waals surface area contributed by atoms with Crippen LogP contribution in [0.4, 0.5) is 19.3 Å². The fourth-order valence-electron chi connectivity index (χ4n) is 3.08. The van der Waals surface area contributed by atoms with Crippen molar-refractivity contribution in [2.75, 3.05) is 11.9 Å². The van der Waals surface area contributed by atoms with Crippen molar-refractivity contribution in [3.8, 4) is 0 Å². The van der Waals surface area contributed by atoms with E-state index in [1.165, 1.54) is 12.1 Å². The summed E-state index contributed by atoms with van der Waals surface area (Å²) in [5.41, 5.74) is 0.536. The summed E-state index contributed by atoms with van der Waals surface area (Å²) in [5, 5.41) is 5.98. The van der Waals surface area contributed by atoms with E-state index in [0.29, 0.717) is 16.3 Å². The first-order chi connectivity index (χ1) is 11.4. The average molecular weight is 351 g/mol. The molecule has 0 radical (unpaired) electrons. The second-order valence-electron chi connectivity index (χ2n) is 6.20. The highest BCUT2D eigenvalue weighted by molar-refractivity contribution is 6.30. The van der Waals surface area contributed by atoms with Crippen LogP contribution in [-0.2, 0) is 5.41 Å². The Balaban J connectivity index is 1.67. The molecule has 0 saturated heterocycles. The predicted molar refractivity (Wildman–Crippen MR) is 90.3 cm³/mol. The molecule has 6 heteroatoms. The molecule has 3 rings (SSSR count). The molecule has 1 fully saturated rings. The van der Waals surface area contributed by atoms with E-state index in [0.717, 1.165) is 12.5 Å². The molecule has 0 spiro atoms. The highest BCUT2D eigenvalue weighted by Gasteiger charge is 2.53. The van der Waals surface area contributed by atoms with Crippen LogP contribution in [0.2, 0.25) is 5.02 Å². The topological polar surface area (TPSA) is 41.1 Å². The Bertz CT molecular complexity index is 783. The molecule has 1 saturated carbocycles. The number of carbonyl (C=O) groups is 1. The zero-order chi connectivity index (χ0) is 17.3. The molecule has 1 aliphatic carbocycles. The molecule has 2 aromatic rings. The van der Waals surface area contributed by atoms with Crippen LogP contribution in [0.15, 0.2) is 42.5 Å². The van der Waals surface area contributed by atoms with Crippen molar-refractivity contribution in [2.24, 2.45) is 5.92 Å². The number of carbonyl (C=O) groups excluding carboxylic acids is 1. The van der Waals surface area contributed by atoms with E-state index < -0.39 is 23.1 Å². The third-order valence-corrected chi connectivity index (χ3v) is 4.80. The van der Waals surface area contributed by atoms with Crippen LogP contribution in [0.3, 0.4) is 0 Å². The number of hydrogen-bond acceptors (Lipinski definition) is 1. The van der Waals surface area contributed by atoms with Crippen LogP contribution in [0.25, 0.3) is 0 Å². The number of urea groups is 1. The highest BCUT2D eigenvalue weighted by Crippen LogP contribution is 2.54. The Kier molecular flexibility index (Phi) is 4.45. The Hall–Kier alpha value is -2.14. The minimum Gasteiger partial charge on any atom is -0.337 e. The summed E-state index contributed by atoms with van der Waals surface area (Å²) in [5.74, 6) is -0.966. The fraction of sp³-hybridized carbons (Fsp3) is 0.278. The smallest absolute Gasteiger partial charge is 0.319 e. The zero-order valence-electron chi connectivity index (χ0n) is 13.1. The van der Waals surface area contributed by atoms with Gasteiger partial charge in [-0.1, -0.05) is 30.7 Å². The van der Waals surface area contributed by atoms with E-state index in [9.17, 15) is 13.6 Å². The number of halogens is 3. The van der Waals surface area contributed by atoms with Crippen molar-refractivity contribution in [1.29, 1.82) is 0 Å². The van der Waals surface area contributed by atoms with Gasteiger partial charge in [-0.2, -0.15) is 0 Å². The van der Waals surface area contributed by atoms with Gasteiger partial charge in [0.25, 0.3) is 0 Å². The lowest BCUT2D eigenvalue weighted by atomic mass is 9.93. The van der Waals surface area contributed by atoms with Gasteiger partial charge in [0.1, 0.15) is 11.6 Å². The molecule has 2 unspecified atom stereocenters. The van der Waals surface area contributed by atoms with Crippen LogP contribution in [0, 0.1) is 17.6 Å². The summed E-state index contributed by atoms with van der Waals surface area (Å²) >= 11 is 5.87. The minimum atomic E-state index is -0.605. The molecule has 2 amide bonds. The SMILES string of the molecule is CC1CC1(CNC(=O)Nc1cccc(Cl)c1)c1ccc(F)cc1F. The summed E-state index contributed by atoms with van der Waals surface area (Å²) in [7, 11) is 0. The van der Waals surface area contributed by atoms with Gasteiger partial charge < -0.3 is 10.6 Å². The van der Waals surface area contributed by atoms with E-state index in [-0.39, 0.29) is 12.5 Å². The van der Waals surface area contributed by atoms with Crippen LogP contribution in [0.5, 0.6) is 0 Å². The number of amides is 2. The van der Waals surface area contributed by atoms with Gasteiger partial charge in [0.15, 0.2) is 0 Å². The minimum absolute atomic E-state index is 0.212. The first-order valence-electron chi connectivity index (χ1n) is 7.67. The number of rotatable bonds is 4. The van der Waals surface area contributed by atoms with Crippen molar-refractivity contribution in [2.45, 2.75) is 18.8 Å². The number of anilines is 1. The van der Waals surface area contributed by atoms with E-state index in [1.54, 1.807) is 24.3 Å². The summed E-state index contributed by atoms with van der Waals surface area (Å²) < 4.78 is 27.2. The van der Waals surface area contributed by atoms with Crippen LogP contribution in [-0.4, -0.2) is 12.6 Å². The molecular weight excluding hydrogens is 334 g/mol. The third-order valence-electron chi connectivity index (χ3n) is 4.57. The van der Waals surface area contributed by atoms with Gasteiger partial charge in [0, 0.05) is 28.7 Å². The van der Waals surface area contributed by atoms with Gasteiger partial charge in [-0.3, -0.25) is 0 Å². The molecular formula is C18H17ClF2N2O. The summed E-state index contributed by atoms with van der Waals surface area (Å²) in [6.07, 6.45) is 0.743. The van der Waals surface area contributed by atoms with E-state index >= 15 is 0 Å². The van der Waals surface area contributed by atoms with Gasteiger partial charge in [0.2, 0.25) is 0 Å². The quantitative estimate of drug-likeness (QED) is 0.823. The third kappa shape index (κ3) is 3.36. The second-order valence-corrected chi connectivity index (χ2v) is 6.64. The van der Waals surface area contributed by atoms with Crippen molar-refractivity contribution in [3.05, 3.63) is 64.7 Å². The van der Waals surface area contributed by atoms with Crippen LogP contribution >= 0.6 is 11.6 Å². The maximum Gasteiger partial charge on any atom is 0.319 e. The van der Waals surface area contributed by atoms with E-state index in [1.807, 2.05) is 6.92 Å².